The molecule has 0 fully saturated rings. The first-order valence-electron chi connectivity index (χ1n) is 3.97. The lowest BCUT2D eigenvalue weighted by Gasteiger charge is -2.05. The van der Waals surface area contributed by atoms with Crippen molar-refractivity contribution in [3.63, 3.8) is 0 Å². The van der Waals surface area contributed by atoms with Crippen LogP contribution in [0.1, 0.15) is 35.8 Å². The number of benzene rings is 1. The number of hydrogen-bond acceptors (Lipinski definition) is 2. The topological polar surface area (TPSA) is 43.1 Å². The molecular weight excluding hydrogens is 150 g/mol. The summed E-state index contributed by atoms with van der Waals surface area (Å²) in [6.07, 6.45) is 0. The van der Waals surface area contributed by atoms with E-state index in [0.717, 1.165) is 11.1 Å². The Morgan fingerprint density at radius 2 is 2.17 bits per heavy atom. The molecule has 0 saturated heterocycles. The van der Waals surface area contributed by atoms with Crippen LogP contribution in [-0.4, -0.2) is 5.78 Å². The molecule has 2 heteroatoms. The molecule has 0 radical (unpaired) electrons. The predicted octanol–water partition coefficient (Wildman–Crippen LogP) is 1.91. The summed E-state index contributed by atoms with van der Waals surface area (Å²) in [4.78, 5) is 11.0. The molecule has 1 rings (SSSR count). The number of carbonyl (C=O) groups excluding carboxylic acids is 1. The molecule has 12 heavy (non-hydrogen) atoms. The molecule has 0 aromatic heterocycles. The Balaban J connectivity index is 3.04. The third kappa shape index (κ3) is 1.92. The number of hydrogen-bond donors (Lipinski definition) is 1. The molecule has 0 aliphatic rings. The first-order valence-corrected chi connectivity index (χ1v) is 3.97. The van der Waals surface area contributed by atoms with E-state index in [1.807, 2.05) is 25.1 Å². The zero-order valence-corrected chi connectivity index (χ0v) is 7.37. The maximum absolute atomic E-state index is 11.0. The average Bonchev–Trinajstić information content (AvgIpc) is 2.04. The molecule has 0 bridgehead atoms. The fourth-order valence-electron chi connectivity index (χ4n) is 1.04. The molecule has 0 aliphatic carbocycles. The van der Waals surface area contributed by atoms with Gasteiger partial charge in [-0.25, -0.2) is 0 Å². The van der Waals surface area contributed by atoms with Crippen molar-refractivity contribution in [1.82, 2.24) is 0 Å². The van der Waals surface area contributed by atoms with Crippen molar-refractivity contribution in [1.29, 1.82) is 0 Å². The van der Waals surface area contributed by atoms with Gasteiger partial charge in [-0.15, -0.1) is 0 Å². The van der Waals surface area contributed by atoms with Crippen LogP contribution in [0.3, 0.4) is 0 Å². The highest BCUT2D eigenvalue weighted by molar-refractivity contribution is 5.94. The molecule has 0 saturated carbocycles. The molecule has 1 atom stereocenters. The Hall–Kier alpha value is -1.15. The number of rotatable bonds is 2. The lowest BCUT2D eigenvalue weighted by Crippen LogP contribution is -2.05. The van der Waals surface area contributed by atoms with Crippen LogP contribution >= 0.6 is 0 Å². The van der Waals surface area contributed by atoms with Crippen molar-refractivity contribution in [3.8, 4) is 0 Å². The summed E-state index contributed by atoms with van der Waals surface area (Å²) in [7, 11) is 0. The van der Waals surface area contributed by atoms with Crippen LogP contribution in [0.15, 0.2) is 24.3 Å². The van der Waals surface area contributed by atoms with Gasteiger partial charge in [0.15, 0.2) is 5.78 Å². The average molecular weight is 163 g/mol. The van der Waals surface area contributed by atoms with E-state index in [1.54, 1.807) is 13.0 Å². The third-order valence-corrected chi connectivity index (χ3v) is 1.82. The van der Waals surface area contributed by atoms with E-state index in [0.29, 0.717) is 0 Å². The SMILES string of the molecule is CC(=O)c1cccc([C@H](C)N)c1. The Morgan fingerprint density at radius 1 is 1.50 bits per heavy atom. The Labute approximate surface area is 72.4 Å². The van der Waals surface area contributed by atoms with E-state index in [2.05, 4.69) is 0 Å². The van der Waals surface area contributed by atoms with Gasteiger partial charge in [0.1, 0.15) is 0 Å². The zero-order chi connectivity index (χ0) is 9.14. The van der Waals surface area contributed by atoms with E-state index in [-0.39, 0.29) is 11.8 Å². The van der Waals surface area contributed by atoms with Gasteiger partial charge in [0, 0.05) is 11.6 Å². The largest absolute Gasteiger partial charge is 0.324 e. The van der Waals surface area contributed by atoms with Gasteiger partial charge in [-0.1, -0.05) is 18.2 Å². The highest BCUT2D eigenvalue weighted by Crippen LogP contribution is 2.11. The van der Waals surface area contributed by atoms with E-state index < -0.39 is 0 Å². The molecule has 1 aromatic rings. The summed E-state index contributed by atoms with van der Waals surface area (Å²) in [6, 6.07) is 7.41. The van der Waals surface area contributed by atoms with Gasteiger partial charge in [0.2, 0.25) is 0 Å². The standard InChI is InChI=1S/C10H13NO/c1-7(11)9-4-3-5-10(6-9)8(2)12/h3-7H,11H2,1-2H3/t7-/m0/s1. The molecule has 2 N–H and O–H groups in total. The Bertz CT molecular complexity index is 292. The third-order valence-electron chi connectivity index (χ3n) is 1.82. The number of ketones is 1. The highest BCUT2D eigenvalue weighted by Gasteiger charge is 2.02. The van der Waals surface area contributed by atoms with E-state index in [1.165, 1.54) is 0 Å². The first kappa shape index (κ1) is 8.94. The number of carbonyl (C=O) groups is 1. The Kier molecular flexibility index (Phi) is 2.61. The lowest BCUT2D eigenvalue weighted by molar-refractivity contribution is 0.101. The second-order valence-electron chi connectivity index (χ2n) is 2.97. The smallest absolute Gasteiger partial charge is 0.159 e. The molecule has 0 aliphatic heterocycles. The normalized spacial score (nSPS) is 12.6. The van der Waals surface area contributed by atoms with Crippen LogP contribution in [0.5, 0.6) is 0 Å². The molecule has 2 nitrogen and oxygen atoms in total. The van der Waals surface area contributed by atoms with Crippen LogP contribution in [0.25, 0.3) is 0 Å². The first-order chi connectivity index (χ1) is 5.61. The van der Waals surface area contributed by atoms with Gasteiger partial charge in [0.05, 0.1) is 0 Å². The quantitative estimate of drug-likeness (QED) is 0.677. The van der Waals surface area contributed by atoms with Crippen LogP contribution < -0.4 is 5.73 Å². The van der Waals surface area contributed by atoms with Crippen molar-refractivity contribution in [2.24, 2.45) is 5.73 Å². The van der Waals surface area contributed by atoms with Crippen LogP contribution in [0, 0.1) is 0 Å². The molecule has 0 amide bonds. The van der Waals surface area contributed by atoms with Crippen molar-refractivity contribution in [2.75, 3.05) is 0 Å². The zero-order valence-electron chi connectivity index (χ0n) is 7.37. The molecule has 0 heterocycles. The summed E-state index contributed by atoms with van der Waals surface area (Å²) >= 11 is 0. The summed E-state index contributed by atoms with van der Waals surface area (Å²) < 4.78 is 0. The summed E-state index contributed by atoms with van der Waals surface area (Å²) in [5.41, 5.74) is 7.40. The molecule has 0 unspecified atom stereocenters. The second kappa shape index (κ2) is 3.50. The maximum Gasteiger partial charge on any atom is 0.159 e. The van der Waals surface area contributed by atoms with Crippen LogP contribution in [-0.2, 0) is 0 Å². The maximum atomic E-state index is 11.0. The van der Waals surface area contributed by atoms with Gasteiger partial charge >= 0.3 is 0 Å². The molecule has 64 valence electrons. The van der Waals surface area contributed by atoms with E-state index >= 15 is 0 Å². The fourth-order valence-corrected chi connectivity index (χ4v) is 1.04. The van der Waals surface area contributed by atoms with Gasteiger partial charge in [-0.2, -0.15) is 0 Å². The lowest BCUT2D eigenvalue weighted by atomic mass is 10.0. The minimum atomic E-state index is -0.00991. The molecular formula is C10H13NO. The van der Waals surface area contributed by atoms with Crippen molar-refractivity contribution in [2.45, 2.75) is 19.9 Å². The van der Waals surface area contributed by atoms with Crippen molar-refractivity contribution >= 4 is 5.78 Å². The minimum absolute atomic E-state index is 0.00991. The monoisotopic (exact) mass is 163 g/mol. The highest BCUT2D eigenvalue weighted by atomic mass is 16.1. The van der Waals surface area contributed by atoms with Crippen molar-refractivity contribution < 1.29 is 4.79 Å². The molecule has 0 spiro atoms. The van der Waals surface area contributed by atoms with E-state index in [4.69, 9.17) is 5.73 Å². The van der Waals surface area contributed by atoms with Gasteiger partial charge in [-0.05, 0) is 25.5 Å². The van der Waals surface area contributed by atoms with Gasteiger partial charge < -0.3 is 5.73 Å². The number of nitrogens with two attached hydrogens (primary N) is 1. The van der Waals surface area contributed by atoms with E-state index in [9.17, 15) is 4.79 Å². The summed E-state index contributed by atoms with van der Waals surface area (Å²) in [5, 5.41) is 0. The van der Waals surface area contributed by atoms with Crippen molar-refractivity contribution in [3.05, 3.63) is 35.4 Å². The number of Topliss-reactive ketones (excluding diaryl/α,β-unsaturated/α-hetero) is 1. The minimum Gasteiger partial charge on any atom is -0.324 e. The second-order valence-corrected chi connectivity index (χ2v) is 2.97. The predicted molar refractivity (Wildman–Crippen MR) is 49.0 cm³/mol. The fraction of sp³-hybridized carbons (Fsp3) is 0.300. The Morgan fingerprint density at radius 3 is 2.67 bits per heavy atom. The summed E-state index contributed by atoms with van der Waals surface area (Å²) in [6.45, 7) is 3.46. The van der Waals surface area contributed by atoms with Crippen LogP contribution in [0.4, 0.5) is 0 Å². The van der Waals surface area contributed by atoms with Gasteiger partial charge in [-0.3, -0.25) is 4.79 Å². The van der Waals surface area contributed by atoms with Crippen LogP contribution in [0.2, 0.25) is 0 Å². The molecule has 1 aromatic carbocycles. The summed E-state index contributed by atoms with van der Waals surface area (Å²) in [5.74, 6) is 0.0810. The van der Waals surface area contributed by atoms with Gasteiger partial charge in [0.25, 0.3) is 0 Å².